The Morgan fingerprint density at radius 2 is 0.950 bits per heavy atom. The Hall–Kier alpha value is -2.76. The van der Waals surface area contributed by atoms with Gasteiger partial charge in [-0.1, -0.05) is 97.1 Å². The van der Waals surface area contributed by atoms with Gasteiger partial charge in [-0.25, -0.2) is 0 Å². The number of rotatable bonds is 10. The highest BCUT2D eigenvalue weighted by Crippen LogP contribution is 2.52. The lowest BCUT2D eigenvalue weighted by molar-refractivity contribution is 0.856. The molecule has 0 fully saturated rings. The van der Waals surface area contributed by atoms with E-state index in [1.54, 1.807) is 22.7 Å². The molecular weight excluding hydrogens is 561 g/mol. The summed E-state index contributed by atoms with van der Waals surface area (Å²) in [6.07, 6.45) is 13.9. The largest absolute Gasteiger partial charge is 0.145 e. The minimum atomic E-state index is -0.383. The van der Waals surface area contributed by atoms with E-state index in [-0.39, 0.29) is 9.49 Å². The molecule has 0 bridgehead atoms. The Morgan fingerprint density at radius 1 is 0.550 bits per heavy atom. The maximum absolute atomic E-state index is 2.44. The fourth-order valence-electron chi connectivity index (χ4n) is 5.25. The molecule has 202 valence electrons. The van der Waals surface area contributed by atoms with Crippen LogP contribution in [0.3, 0.4) is 0 Å². The third kappa shape index (κ3) is 5.69. The van der Waals surface area contributed by atoms with Crippen LogP contribution in [0.2, 0.25) is 0 Å². The summed E-state index contributed by atoms with van der Waals surface area (Å²) in [6.45, 7) is 4.49. The first kappa shape index (κ1) is 28.8. The highest BCUT2D eigenvalue weighted by molar-refractivity contribution is 8.00. The Bertz CT molecular complexity index is 1440. The molecule has 0 nitrogen and oxygen atoms in total. The van der Waals surface area contributed by atoms with Crippen LogP contribution < -0.4 is 0 Å². The Kier molecular flexibility index (Phi) is 9.22. The summed E-state index contributed by atoms with van der Waals surface area (Å²) in [4.78, 5) is 2.52. The molecule has 0 aliphatic heterocycles. The van der Waals surface area contributed by atoms with Crippen molar-refractivity contribution in [1.29, 1.82) is 0 Å². The van der Waals surface area contributed by atoms with Crippen molar-refractivity contribution >= 4 is 58.3 Å². The van der Waals surface area contributed by atoms with Gasteiger partial charge < -0.3 is 0 Å². The summed E-state index contributed by atoms with van der Waals surface area (Å²) in [5, 5.41) is 4.29. The molecule has 2 heterocycles. The van der Waals surface area contributed by atoms with Crippen LogP contribution >= 0.6 is 46.2 Å². The van der Waals surface area contributed by atoms with E-state index in [4.69, 9.17) is 0 Å². The van der Waals surface area contributed by atoms with Gasteiger partial charge in [-0.3, -0.25) is 0 Å². The molecule has 2 aromatic heterocycles. The van der Waals surface area contributed by atoms with Gasteiger partial charge in [0, 0.05) is 9.75 Å². The maximum atomic E-state index is 2.44. The first-order valence-corrected chi connectivity index (χ1v) is 17.5. The summed E-state index contributed by atoms with van der Waals surface area (Å²) in [5.41, 5.74) is 7.84. The van der Waals surface area contributed by atoms with Crippen molar-refractivity contribution in [3.63, 3.8) is 0 Å². The van der Waals surface area contributed by atoms with Crippen molar-refractivity contribution in [2.45, 2.75) is 23.3 Å². The zero-order chi connectivity index (χ0) is 28.0. The number of hydrogen-bond acceptors (Lipinski definition) is 4. The van der Waals surface area contributed by atoms with Gasteiger partial charge in [0.05, 0.1) is 9.49 Å². The first-order valence-electron chi connectivity index (χ1n) is 13.3. The van der Waals surface area contributed by atoms with Crippen LogP contribution in [0.15, 0.2) is 120 Å². The monoisotopic (exact) mass is 594 g/mol. The summed E-state index contributed by atoms with van der Waals surface area (Å²) in [7, 11) is 0. The van der Waals surface area contributed by atoms with Crippen molar-refractivity contribution in [2.75, 3.05) is 12.5 Å². The van der Waals surface area contributed by atoms with Crippen molar-refractivity contribution in [1.82, 2.24) is 0 Å². The molecule has 5 aromatic rings. The van der Waals surface area contributed by atoms with E-state index in [2.05, 4.69) is 158 Å². The third-order valence-electron chi connectivity index (χ3n) is 7.53. The van der Waals surface area contributed by atoms with Crippen LogP contribution in [-0.4, -0.2) is 12.5 Å². The van der Waals surface area contributed by atoms with Crippen molar-refractivity contribution in [2.24, 2.45) is 0 Å². The van der Waals surface area contributed by atoms with E-state index < -0.39 is 0 Å². The number of hydrogen-bond donors (Lipinski definition) is 0. The zero-order valence-corrected chi connectivity index (χ0v) is 26.6. The highest BCUT2D eigenvalue weighted by atomic mass is 32.2. The number of thiophene rings is 2. The second-order valence-corrected chi connectivity index (χ2v) is 13.9. The van der Waals surface area contributed by atoms with Crippen LogP contribution in [0.4, 0.5) is 0 Å². The van der Waals surface area contributed by atoms with Gasteiger partial charge in [0.2, 0.25) is 0 Å². The Labute approximate surface area is 255 Å². The molecule has 0 saturated carbocycles. The minimum absolute atomic E-state index is 0.383. The molecular formula is C36H34S4. The highest BCUT2D eigenvalue weighted by Gasteiger charge is 2.40. The Balaban J connectivity index is 1.85. The lowest BCUT2D eigenvalue weighted by Crippen LogP contribution is -2.30. The van der Waals surface area contributed by atoms with Crippen molar-refractivity contribution in [3.8, 4) is 0 Å². The fourth-order valence-corrected chi connectivity index (χ4v) is 8.41. The van der Waals surface area contributed by atoms with E-state index in [0.29, 0.717) is 0 Å². The van der Waals surface area contributed by atoms with Crippen molar-refractivity contribution < 1.29 is 0 Å². The average molecular weight is 595 g/mol. The molecule has 40 heavy (non-hydrogen) atoms. The maximum Gasteiger partial charge on any atom is 0.0842 e. The molecule has 0 amide bonds. The molecule has 3 aromatic carbocycles. The molecule has 0 aliphatic rings. The quantitative estimate of drug-likeness (QED) is 0.158. The zero-order valence-electron chi connectivity index (χ0n) is 23.3. The van der Waals surface area contributed by atoms with Gasteiger partial charge in [-0.15, -0.1) is 46.2 Å². The number of aryl methyl sites for hydroxylation is 2. The van der Waals surface area contributed by atoms with Gasteiger partial charge in [0.25, 0.3) is 0 Å². The van der Waals surface area contributed by atoms with Gasteiger partial charge >= 0.3 is 0 Å². The van der Waals surface area contributed by atoms with E-state index in [1.165, 1.54) is 43.1 Å². The Morgan fingerprint density at radius 3 is 1.27 bits per heavy atom. The minimum Gasteiger partial charge on any atom is -0.145 e. The summed E-state index contributed by atoms with van der Waals surface area (Å²) in [6, 6.07) is 35.5. The van der Waals surface area contributed by atoms with E-state index in [0.717, 1.165) is 0 Å². The van der Waals surface area contributed by atoms with E-state index >= 15 is 0 Å². The lowest BCUT2D eigenvalue weighted by atomic mass is 9.78. The van der Waals surface area contributed by atoms with Crippen LogP contribution in [0.25, 0.3) is 12.2 Å². The smallest absolute Gasteiger partial charge is 0.0842 e. The van der Waals surface area contributed by atoms with Crippen LogP contribution in [0.5, 0.6) is 0 Å². The molecule has 0 radical (unpaired) electrons. The molecule has 0 N–H and O–H groups in total. The van der Waals surface area contributed by atoms with Crippen LogP contribution in [0.1, 0.15) is 43.1 Å². The second kappa shape index (κ2) is 12.8. The predicted molar refractivity (Wildman–Crippen MR) is 184 cm³/mol. The predicted octanol–water partition coefficient (Wildman–Crippen LogP) is 11.1. The molecule has 0 spiro atoms. The summed E-state index contributed by atoms with van der Waals surface area (Å²) in [5.74, 6) is 0. The van der Waals surface area contributed by atoms with Crippen molar-refractivity contribution in [3.05, 3.63) is 163 Å². The lowest BCUT2D eigenvalue weighted by Gasteiger charge is -2.39. The van der Waals surface area contributed by atoms with Gasteiger partial charge in [-0.2, -0.15) is 0 Å². The fraction of sp³-hybridized carbons (Fsp3) is 0.167. The molecule has 0 saturated heterocycles. The van der Waals surface area contributed by atoms with Crippen LogP contribution in [0, 0.1) is 13.8 Å². The molecule has 0 aliphatic carbocycles. The number of benzene rings is 3. The standard InChI is InChI=1S/C36H34S4/c1-27-25-33(35(37-3,29-13-7-5-8-14-29)21-19-31-17-11-23-39-31)34(26-28(27)2)36(38-4,30-15-9-6-10-16-30)22-20-32-18-12-24-40-32/h5-26H,1-4H3. The summed E-state index contributed by atoms with van der Waals surface area (Å²) < 4.78 is -0.767. The topological polar surface area (TPSA) is 0 Å². The average Bonchev–Trinajstić information content (AvgIpc) is 3.72. The second-order valence-electron chi connectivity index (χ2n) is 9.79. The SMILES string of the molecule is CSC(C=Cc1cccs1)(c1ccccc1)c1cc(C)c(C)cc1C(C=Cc1cccs1)(SC)c1ccccc1. The molecule has 4 heteroatoms. The van der Waals surface area contributed by atoms with Gasteiger partial charge in [-0.05, 0) is 94.8 Å². The van der Waals surface area contributed by atoms with Gasteiger partial charge in [0.1, 0.15) is 0 Å². The summed E-state index contributed by atoms with van der Waals surface area (Å²) >= 11 is 7.35. The van der Waals surface area contributed by atoms with Crippen LogP contribution in [-0.2, 0) is 9.49 Å². The van der Waals surface area contributed by atoms with E-state index in [9.17, 15) is 0 Å². The first-order chi connectivity index (χ1) is 19.5. The molecule has 2 atom stereocenters. The molecule has 5 rings (SSSR count). The molecule has 2 unspecified atom stereocenters. The normalized spacial score (nSPS) is 14.9. The van der Waals surface area contributed by atoms with E-state index in [1.807, 2.05) is 23.5 Å². The third-order valence-corrected chi connectivity index (χ3v) is 11.7. The number of thioether (sulfide) groups is 2. The van der Waals surface area contributed by atoms with Gasteiger partial charge in [0.15, 0.2) is 0 Å².